The van der Waals surface area contributed by atoms with Gasteiger partial charge in [0, 0.05) is 18.0 Å². The van der Waals surface area contributed by atoms with E-state index in [2.05, 4.69) is 62.3 Å². The van der Waals surface area contributed by atoms with E-state index in [0.717, 1.165) is 41.1 Å². The Kier molecular flexibility index (Phi) is 8.51. The number of ether oxygens (including phenoxy) is 1. The molecule has 0 aliphatic heterocycles. The summed E-state index contributed by atoms with van der Waals surface area (Å²) >= 11 is 7.19. The zero-order valence-corrected chi connectivity index (χ0v) is 18.6. The Balaban J connectivity index is 2.02. The summed E-state index contributed by atoms with van der Waals surface area (Å²) in [5.74, 6) is 1.38. The van der Waals surface area contributed by atoms with Crippen molar-refractivity contribution < 1.29 is 4.74 Å². The standard InChI is InChI=1S/C21H31N3OS2/c1-6-16(5)24(21(26)22-7-2)12-17-14-27-20(23-17)13-25-19-11-9-8-10-18(19)15(3)4/h8-11,14-16H,6-7,12-13H2,1-5H3,(H,22,26)/t16-/m0/s1. The molecule has 0 saturated carbocycles. The highest BCUT2D eigenvalue weighted by molar-refractivity contribution is 7.80. The Morgan fingerprint density at radius 3 is 2.67 bits per heavy atom. The fourth-order valence-electron chi connectivity index (χ4n) is 2.79. The molecule has 1 N–H and O–H groups in total. The number of nitrogens with one attached hydrogen (secondary N) is 1. The molecule has 0 bridgehead atoms. The SMILES string of the molecule is CCNC(=S)N(Cc1csc(COc2ccccc2C(C)C)n1)[C@@H](C)CC. The molecular weight excluding hydrogens is 374 g/mol. The van der Waals surface area contributed by atoms with Crippen LogP contribution >= 0.6 is 23.6 Å². The van der Waals surface area contributed by atoms with Gasteiger partial charge in [0.25, 0.3) is 0 Å². The fraction of sp³-hybridized carbons (Fsp3) is 0.524. The van der Waals surface area contributed by atoms with Crippen LogP contribution in [0, 0.1) is 0 Å². The first-order chi connectivity index (χ1) is 13.0. The second-order valence-corrected chi connectivity index (χ2v) is 8.26. The molecule has 27 heavy (non-hydrogen) atoms. The van der Waals surface area contributed by atoms with Crippen LogP contribution in [0.5, 0.6) is 5.75 Å². The summed E-state index contributed by atoms with van der Waals surface area (Å²) in [5.41, 5.74) is 2.27. The molecule has 148 valence electrons. The maximum Gasteiger partial charge on any atom is 0.169 e. The lowest BCUT2D eigenvalue weighted by molar-refractivity contribution is 0.296. The summed E-state index contributed by atoms with van der Waals surface area (Å²) in [5, 5.41) is 7.15. The number of nitrogens with zero attached hydrogens (tertiary/aromatic N) is 2. The van der Waals surface area contributed by atoms with E-state index in [4.69, 9.17) is 21.9 Å². The monoisotopic (exact) mass is 405 g/mol. The van der Waals surface area contributed by atoms with Gasteiger partial charge in [-0.1, -0.05) is 39.0 Å². The third-order valence-corrected chi connectivity index (χ3v) is 5.79. The van der Waals surface area contributed by atoms with Gasteiger partial charge in [-0.3, -0.25) is 0 Å². The van der Waals surface area contributed by atoms with Crippen LogP contribution in [-0.2, 0) is 13.2 Å². The molecule has 0 amide bonds. The van der Waals surface area contributed by atoms with Crippen molar-refractivity contribution in [3.8, 4) is 5.75 Å². The molecule has 2 aromatic rings. The maximum absolute atomic E-state index is 6.05. The molecule has 0 saturated heterocycles. The van der Waals surface area contributed by atoms with Gasteiger partial charge in [-0.05, 0) is 50.0 Å². The molecule has 0 unspecified atom stereocenters. The van der Waals surface area contributed by atoms with Gasteiger partial charge in [0.05, 0.1) is 12.2 Å². The van der Waals surface area contributed by atoms with E-state index in [9.17, 15) is 0 Å². The van der Waals surface area contributed by atoms with Gasteiger partial charge in [-0.25, -0.2) is 4.98 Å². The van der Waals surface area contributed by atoms with E-state index in [1.807, 2.05) is 12.1 Å². The van der Waals surface area contributed by atoms with Crippen LogP contribution in [0.4, 0.5) is 0 Å². The van der Waals surface area contributed by atoms with Crippen LogP contribution in [0.15, 0.2) is 29.6 Å². The molecule has 1 heterocycles. The average molecular weight is 406 g/mol. The molecule has 0 aliphatic rings. The topological polar surface area (TPSA) is 37.4 Å². The number of hydrogen-bond donors (Lipinski definition) is 1. The number of thiazole rings is 1. The predicted molar refractivity (Wildman–Crippen MR) is 119 cm³/mol. The minimum Gasteiger partial charge on any atom is -0.486 e. The highest BCUT2D eigenvalue weighted by atomic mass is 32.1. The first kappa shape index (κ1) is 21.6. The molecule has 2 rings (SSSR count). The van der Waals surface area contributed by atoms with E-state index in [1.54, 1.807) is 11.3 Å². The lowest BCUT2D eigenvalue weighted by Gasteiger charge is -2.30. The van der Waals surface area contributed by atoms with Crippen LogP contribution in [-0.4, -0.2) is 27.6 Å². The minimum atomic E-state index is 0.371. The molecule has 0 spiro atoms. The van der Waals surface area contributed by atoms with Gasteiger partial charge < -0.3 is 15.0 Å². The van der Waals surface area contributed by atoms with Gasteiger partial charge in [0.1, 0.15) is 17.4 Å². The predicted octanol–water partition coefficient (Wildman–Crippen LogP) is 5.34. The second kappa shape index (κ2) is 10.6. The molecule has 0 radical (unpaired) electrons. The Hall–Kier alpha value is -1.66. The number of hydrogen-bond acceptors (Lipinski definition) is 4. The number of benzene rings is 1. The summed E-state index contributed by atoms with van der Waals surface area (Å²) in [4.78, 5) is 6.98. The lowest BCUT2D eigenvalue weighted by atomic mass is 10.0. The number of rotatable bonds is 9. The Labute approximate surface area is 173 Å². The fourth-order valence-corrected chi connectivity index (χ4v) is 3.88. The smallest absolute Gasteiger partial charge is 0.169 e. The molecule has 0 aliphatic carbocycles. The normalized spacial score (nSPS) is 12.1. The van der Waals surface area contributed by atoms with Crippen LogP contribution in [0.25, 0.3) is 0 Å². The van der Waals surface area contributed by atoms with Gasteiger partial charge >= 0.3 is 0 Å². The Bertz CT molecular complexity index is 730. The largest absolute Gasteiger partial charge is 0.486 e. The second-order valence-electron chi connectivity index (χ2n) is 6.93. The Morgan fingerprint density at radius 2 is 2.00 bits per heavy atom. The minimum absolute atomic E-state index is 0.371. The zero-order valence-electron chi connectivity index (χ0n) is 17.0. The average Bonchev–Trinajstić information content (AvgIpc) is 3.11. The first-order valence-corrected chi connectivity index (χ1v) is 10.9. The quantitative estimate of drug-likeness (QED) is 0.570. The van der Waals surface area contributed by atoms with E-state index >= 15 is 0 Å². The summed E-state index contributed by atoms with van der Waals surface area (Å²) in [7, 11) is 0. The highest BCUT2D eigenvalue weighted by Gasteiger charge is 2.17. The third kappa shape index (κ3) is 6.18. The van der Waals surface area contributed by atoms with Crippen molar-refractivity contribution >= 4 is 28.7 Å². The van der Waals surface area contributed by atoms with E-state index < -0.39 is 0 Å². The van der Waals surface area contributed by atoms with Crippen molar-refractivity contribution in [3.63, 3.8) is 0 Å². The van der Waals surface area contributed by atoms with Crippen LogP contribution < -0.4 is 10.1 Å². The molecule has 6 heteroatoms. The number of thiocarbonyl (C=S) groups is 1. The lowest BCUT2D eigenvalue weighted by Crippen LogP contribution is -2.44. The van der Waals surface area contributed by atoms with Gasteiger partial charge in [-0.2, -0.15) is 0 Å². The van der Waals surface area contributed by atoms with Gasteiger partial charge in [-0.15, -0.1) is 11.3 Å². The van der Waals surface area contributed by atoms with Crippen molar-refractivity contribution in [2.75, 3.05) is 6.54 Å². The van der Waals surface area contributed by atoms with Crippen molar-refractivity contribution in [2.45, 2.75) is 66.2 Å². The van der Waals surface area contributed by atoms with Crippen molar-refractivity contribution in [2.24, 2.45) is 0 Å². The maximum atomic E-state index is 6.05. The molecule has 1 aromatic carbocycles. The van der Waals surface area contributed by atoms with Crippen LogP contribution in [0.3, 0.4) is 0 Å². The summed E-state index contributed by atoms with van der Waals surface area (Å²) in [6.07, 6.45) is 1.04. The van der Waals surface area contributed by atoms with Crippen molar-refractivity contribution in [1.29, 1.82) is 0 Å². The van der Waals surface area contributed by atoms with Gasteiger partial charge in [0.15, 0.2) is 5.11 Å². The van der Waals surface area contributed by atoms with Crippen LogP contribution in [0.2, 0.25) is 0 Å². The molecular formula is C21H31N3OS2. The summed E-state index contributed by atoms with van der Waals surface area (Å²) < 4.78 is 6.05. The van der Waals surface area contributed by atoms with E-state index in [0.29, 0.717) is 18.6 Å². The van der Waals surface area contributed by atoms with E-state index in [1.165, 1.54) is 5.56 Å². The van der Waals surface area contributed by atoms with Crippen molar-refractivity contribution in [1.82, 2.24) is 15.2 Å². The number of para-hydroxylation sites is 1. The van der Waals surface area contributed by atoms with Crippen molar-refractivity contribution in [3.05, 3.63) is 45.9 Å². The molecule has 1 aromatic heterocycles. The molecule has 0 fully saturated rings. The first-order valence-electron chi connectivity index (χ1n) is 9.65. The zero-order chi connectivity index (χ0) is 19.8. The molecule has 4 nitrogen and oxygen atoms in total. The van der Waals surface area contributed by atoms with Gasteiger partial charge in [0.2, 0.25) is 0 Å². The Morgan fingerprint density at radius 1 is 1.26 bits per heavy atom. The molecule has 1 atom stereocenters. The number of aromatic nitrogens is 1. The van der Waals surface area contributed by atoms with E-state index in [-0.39, 0.29) is 0 Å². The third-order valence-electron chi connectivity index (χ3n) is 4.54. The highest BCUT2D eigenvalue weighted by Crippen LogP contribution is 2.27. The summed E-state index contributed by atoms with van der Waals surface area (Å²) in [6.45, 7) is 12.9. The van der Waals surface area contributed by atoms with Crippen LogP contribution in [0.1, 0.15) is 63.2 Å². The summed E-state index contributed by atoms with van der Waals surface area (Å²) in [6, 6.07) is 8.60.